The van der Waals surface area contributed by atoms with Crippen LogP contribution in [-0.2, 0) is 11.2 Å². The number of aromatic nitrogens is 4. The van der Waals surface area contributed by atoms with E-state index in [-0.39, 0.29) is 12.3 Å². The van der Waals surface area contributed by atoms with E-state index in [1.807, 2.05) is 55.9 Å². The molecule has 0 fully saturated rings. The third-order valence-electron chi connectivity index (χ3n) is 3.97. The van der Waals surface area contributed by atoms with Crippen LogP contribution in [0.2, 0.25) is 0 Å². The minimum atomic E-state index is -0.0619. The van der Waals surface area contributed by atoms with Crippen LogP contribution in [0.25, 0.3) is 5.82 Å². The lowest BCUT2D eigenvalue weighted by Crippen LogP contribution is -2.30. The summed E-state index contributed by atoms with van der Waals surface area (Å²) in [7, 11) is 0. The van der Waals surface area contributed by atoms with Gasteiger partial charge in [0.2, 0.25) is 5.91 Å². The molecule has 0 atom stereocenters. The van der Waals surface area contributed by atoms with Crippen molar-refractivity contribution in [3.05, 3.63) is 53.4 Å². The van der Waals surface area contributed by atoms with Crippen LogP contribution in [-0.4, -0.2) is 38.7 Å². The summed E-state index contributed by atoms with van der Waals surface area (Å²) in [4.78, 5) is 20.8. The van der Waals surface area contributed by atoms with E-state index in [1.165, 1.54) is 0 Å². The fourth-order valence-electron chi connectivity index (χ4n) is 2.63. The molecule has 8 nitrogen and oxygen atoms in total. The average Bonchev–Trinajstić information content (AvgIpc) is 3.24. The van der Waals surface area contributed by atoms with Crippen LogP contribution in [0.1, 0.15) is 22.8 Å². The molecule has 0 aliphatic heterocycles. The molecule has 0 saturated heterocycles. The number of hydrogen-bond acceptors (Lipinski definition) is 6. The fraction of sp³-hybridized carbons (Fsp3) is 0.333. The van der Waals surface area contributed by atoms with E-state index in [0.29, 0.717) is 24.7 Å². The van der Waals surface area contributed by atoms with Crippen LogP contribution in [0, 0.1) is 20.8 Å². The van der Waals surface area contributed by atoms with Gasteiger partial charge in [0.1, 0.15) is 23.2 Å². The van der Waals surface area contributed by atoms with Crippen molar-refractivity contribution < 1.29 is 9.32 Å². The van der Waals surface area contributed by atoms with Gasteiger partial charge in [0, 0.05) is 37.1 Å². The minimum absolute atomic E-state index is 0.0619. The zero-order valence-corrected chi connectivity index (χ0v) is 15.1. The van der Waals surface area contributed by atoms with Gasteiger partial charge < -0.3 is 19.7 Å². The highest BCUT2D eigenvalue weighted by Gasteiger charge is 2.13. The van der Waals surface area contributed by atoms with Crippen LogP contribution in [0.5, 0.6) is 0 Å². The Morgan fingerprint density at radius 1 is 1.15 bits per heavy atom. The van der Waals surface area contributed by atoms with Crippen molar-refractivity contribution in [2.24, 2.45) is 0 Å². The third kappa shape index (κ3) is 4.27. The normalized spacial score (nSPS) is 10.7. The van der Waals surface area contributed by atoms with Gasteiger partial charge in [-0.25, -0.2) is 9.97 Å². The quantitative estimate of drug-likeness (QED) is 0.629. The second-order valence-electron chi connectivity index (χ2n) is 6.01. The van der Waals surface area contributed by atoms with Gasteiger partial charge in [-0.15, -0.1) is 0 Å². The van der Waals surface area contributed by atoms with Gasteiger partial charge in [-0.3, -0.25) is 4.79 Å². The molecule has 8 heteroatoms. The highest BCUT2D eigenvalue weighted by atomic mass is 16.5. The summed E-state index contributed by atoms with van der Waals surface area (Å²) in [5.74, 6) is 2.83. The molecule has 26 heavy (non-hydrogen) atoms. The highest BCUT2D eigenvalue weighted by Crippen LogP contribution is 2.13. The summed E-state index contributed by atoms with van der Waals surface area (Å²) in [5.41, 5.74) is 1.60. The largest absolute Gasteiger partial charge is 0.368 e. The van der Waals surface area contributed by atoms with E-state index < -0.39 is 0 Å². The summed E-state index contributed by atoms with van der Waals surface area (Å²) in [5, 5.41) is 9.96. The maximum atomic E-state index is 12.1. The van der Waals surface area contributed by atoms with Gasteiger partial charge in [0.15, 0.2) is 0 Å². The zero-order valence-electron chi connectivity index (χ0n) is 15.1. The molecule has 3 rings (SSSR count). The van der Waals surface area contributed by atoms with E-state index in [9.17, 15) is 4.79 Å². The molecule has 0 saturated carbocycles. The predicted molar refractivity (Wildman–Crippen MR) is 97.3 cm³/mol. The van der Waals surface area contributed by atoms with Crippen molar-refractivity contribution in [1.82, 2.24) is 25.0 Å². The third-order valence-corrected chi connectivity index (χ3v) is 3.97. The lowest BCUT2D eigenvalue weighted by atomic mass is 10.1. The van der Waals surface area contributed by atoms with Crippen molar-refractivity contribution in [3.63, 3.8) is 0 Å². The summed E-state index contributed by atoms with van der Waals surface area (Å²) >= 11 is 0. The molecule has 3 aromatic heterocycles. The first-order valence-corrected chi connectivity index (χ1v) is 8.44. The number of aryl methyl sites for hydroxylation is 3. The van der Waals surface area contributed by atoms with Crippen LogP contribution >= 0.6 is 0 Å². The van der Waals surface area contributed by atoms with Crippen molar-refractivity contribution in [1.29, 1.82) is 0 Å². The molecule has 0 spiro atoms. The maximum Gasteiger partial charge on any atom is 0.224 e. The Morgan fingerprint density at radius 3 is 2.62 bits per heavy atom. The molecule has 0 aromatic carbocycles. The zero-order chi connectivity index (χ0) is 18.5. The summed E-state index contributed by atoms with van der Waals surface area (Å²) in [6.45, 7) is 6.55. The number of amides is 1. The molecule has 0 radical (unpaired) electrons. The predicted octanol–water partition coefficient (Wildman–Crippen LogP) is 1.95. The Morgan fingerprint density at radius 2 is 1.92 bits per heavy atom. The second-order valence-corrected chi connectivity index (χ2v) is 6.01. The molecule has 1 amide bonds. The molecule has 0 aliphatic carbocycles. The van der Waals surface area contributed by atoms with Gasteiger partial charge in [-0.2, -0.15) is 0 Å². The summed E-state index contributed by atoms with van der Waals surface area (Å²) < 4.78 is 7.00. The van der Waals surface area contributed by atoms with Crippen molar-refractivity contribution in [2.75, 3.05) is 18.4 Å². The highest BCUT2D eigenvalue weighted by molar-refractivity contribution is 5.79. The number of carbonyl (C=O) groups excluding carboxylic acids is 1. The molecule has 0 aliphatic rings. The van der Waals surface area contributed by atoms with Crippen LogP contribution in [0.15, 0.2) is 35.1 Å². The molecule has 2 N–H and O–H groups in total. The topological polar surface area (TPSA) is 97.9 Å². The standard InChI is InChI=1S/C18H22N6O2/c1-12-15(13(2)26-23-12)10-18(25)20-7-6-19-16-11-17(22-14(3)21-16)24-8-4-5-9-24/h4-5,8-9,11H,6-7,10H2,1-3H3,(H,20,25)(H,19,21,22). The molecular weight excluding hydrogens is 332 g/mol. The molecular formula is C18H22N6O2. The second kappa shape index (κ2) is 7.81. The fourth-order valence-corrected chi connectivity index (χ4v) is 2.63. The van der Waals surface area contributed by atoms with Gasteiger partial charge in [0.05, 0.1) is 12.1 Å². The monoisotopic (exact) mass is 354 g/mol. The van der Waals surface area contributed by atoms with E-state index in [1.54, 1.807) is 0 Å². The van der Waals surface area contributed by atoms with Crippen molar-refractivity contribution >= 4 is 11.7 Å². The lowest BCUT2D eigenvalue weighted by molar-refractivity contribution is -0.120. The Labute approximate surface area is 151 Å². The maximum absolute atomic E-state index is 12.1. The van der Waals surface area contributed by atoms with Crippen LogP contribution in [0.3, 0.4) is 0 Å². The average molecular weight is 354 g/mol. The number of anilines is 1. The minimum Gasteiger partial charge on any atom is -0.368 e. The Kier molecular flexibility index (Phi) is 5.31. The van der Waals surface area contributed by atoms with Crippen LogP contribution in [0.4, 0.5) is 5.82 Å². The van der Waals surface area contributed by atoms with Crippen LogP contribution < -0.4 is 10.6 Å². The summed E-state index contributed by atoms with van der Waals surface area (Å²) in [6.07, 6.45) is 4.13. The smallest absolute Gasteiger partial charge is 0.224 e. The number of nitrogens with one attached hydrogen (secondary N) is 2. The number of rotatable bonds is 7. The van der Waals surface area contributed by atoms with Gasteiger partial charge in [-0.05, 0) is 32.9 Å². The first kappa shape index (κ1) is 17.7. The molecule has 0 bridgehead atoms. The molecule has 3 heterocycles. The SMILES string of the molecule is Cc1nc(NCCNC(=O)Cc2c(C)noc2C)cc(-n2cccc2)n1. The molecule has 0 unspecified atom stereocenters. The Bertz CT molecular complexity index is 866. The number of nitrogens with zero attached hydrogens (tertiary/aromatic N) is 4. The first-order valence-electron chi connectivity index (χ1n) is 8.44. The van der Waals surface area contributed by atoms with E-state index in [2.05, 4.69) is 25.8 Å². The lowest BCUT2D eigenvalue weighted by Gasteiger charge is -2.10. The van der Waals surface area contributed by atoms with E-state index in [0.717, 1.165) is 22.9 Å². The number of carbonyl (C=O) groups is 1. The van der Waals surface area contributed by atoms with Gasteiger partial charge in [0.25, 0.3) is 0 Å². The number of hydrogen-bond donors (Lipinski definition) is 2. The summed E-state index contributed by atoms with van der Waals surface area (Å²) in [6, 6.07) is 5.76. The Hall–Kier alpha value is -3.16. The Balaban J connectivity index is 1.50. The van der Waals surface area contributed by atoms with E-state index in [4.69, 9.17) is 4.52 Å². The first-order chi connectivity index (χ1) is 12.5. The molecule has 3 aromatic rings. The van der Waals surface area contributed by atoms with Gasteiger partial charge in [-0.1, -0.05) is 5.16 Å². The van der Waals surface area contributed by atoms with Gasteiger partial charge >= 0.3 is 0 Å². The van der Waals surface area contributed by atoms with E-state index >= 15 is 0 Å². The molecule has 136 valence electrons. The van der Waals surface area contributed by atoms with Crippen molar-refractivity contribution in [3.8, 4) is 5.82 Å². The van der Waals surface area contributed by atoms with Crippen molar-refractivity contribution in [2.45, 2.75) is 27.2 Å².